The van der Waals surface area contributed by atoms with Crippen molar-refractivity contribution in [3.8, 4) is 28.5 Å². The van der Waals surface area contributed by atoms with Crippen LogP contribution in [0.3, 0.4) is 0 Å². The van der Waals surface area contributed by atoms with Crippen molar-refractivity contribution in [2.45, 2.75) is 38.0 Å². The Labute approximate surface area is 273 Å². The minimum absolute atomic E-state index is 0.00345. The smallest absolute Gasteiger partial charge is 0.340 e. The lowest BCUT2D eigenvalue weighted by Crippen LogP contribution is -2.22. The molecule has 0 atom stereocenters. The van der Waals surface area contributed by atoms with E-state index in [4.69, 9.17) is 9.15 Å². The molecule has 1 heterocycles. The normalized spacial score (nSPS) is 11.4. The molecule has 1 aromatic heterocycles. The summed E-state index contributed by atoms with van der Waals surface area (Å²) in [6, 6.07) is 31.7. The molecule has 5 aromatic rings. The van der Waals surface area contributed by atoms with Crippen LogP contribution in [0.4, 0.5) is 11.6 Å². The number of nitrogens with one attached hydrogen (secondary N) is 2. The van der Waals surface area contributed by atoms with Gasteiger partial charge in [-0.3, -0.25) is 14.8 Å². The third-order valence-electron chi connectivity index (χ3n) is 7.44. The lowest BCUT2D eigenvalue weighted by Gasteiger charge is -2.21. The van der Waals surface area contributed by atoms with Gasteiger partial charge in [-0.2, -0.15) is 5.26 Å². The molecule has 0 aliphatic rings. The van der Waals surface area contributed by atoms with Gasteiger partial charge in [0.2, 0.25) is 5.88 Å². The molecule has 0 bridgehead atoms. The van der Waals surface area contributed by atoms with Gasteiger partial charge >= 0.3 is 5.97 Å². The Bertz CT molecular complexity index is 2090. The first-order valence-electron chi connectivity index (χ1n) is 14.8. The number of rotatable bonds is 9. The molecule has 0 saturated carbocycles. The summed E-state index contributed by atoms with van der Waals surface area (Å²) in [5.74, 6) is -1.37. The Hall–Kier alpha value is -5.66. The van der Waals surface area contributed by atoms with E-state index in [2.05, 4.69) is 16.1 Å². The maximum Gasteiger partial charge on any atom is 0.340 e. The first-order chi connectivity index (χ1) is 22.4. The van der Waals surface area contributed by atoms with Crippen LogP contribution >= 0.6 is 0 Å². The number of sulfonamides is 1. The van der Waals surface area contributed by atoms with Gasteiger partial charge in [-0.05, 0) is 47.2 Å². The molecule has 0 spiro atoms. The van der Waals surface area contributed by atoms with E-state index in [1.165, 1.54) is 12.1 Å². The number of carbonyl (C=O) groups excluding carboxylic acids is 2. The number of ether oxygens (including phenoxy) is 1. The summed E-state index contributed by atoms with van der Waals surface area (Å²) in [5.41, 5.74) is 3.06. The van der Waals surface area contributed by atoms with Crippen LogP contribution in [0.1, 0.15) is 47.8 Å². The van der Waals surface area contributed by atoms with Crippen LogP contribution in [0.25, 0.3) is 22.5 Å². The molecule has 0 fully saturated rings. The van der Waals surface area contributed by atoms with E-state index in [1.807, 2.05) is 87.5 Å². The molecule has 238 valence electrons. The fraction of sp³-hybridized carbons (Fsp3) is 0.162. The summed E-state index contributed by atoms with van der Waals surface area (Å²) in [6.07, 6.45) is 0. The van der Waals surface area contributed by atoms with Crippen molar-refractivity contribution in [2.24, 2.45) is 0 Å². The zero-order chi connectivity index (χ0) is 33.8. The number of benzene rings is 4. The van der Waals surface area contributed by atoms with Crippen LogP contribution in [-0.2, 0) is 25.0 Å². The summed E-state index contributed by atoms with van der Waals surface area (Å²) in [5, 5.41) is 12.6. The Balaban J connectivity index is 1.35. The number of hydrogen-bond donors (Lipinski definition) is 2. The molecule has 0 aliphatic carbocycles. The largest absolute Gasteiger partial charge is 0.452 e. The molecule has 0 radical (unpaired) electrons. The van der Waals surface area contributed by atoms with E-state index >= 15 is 0 Å². The Kier molecular flexibility index (Phi) is 9.31. The van der Waals surface area contributed by atoms with Gasteiger partial charge in [-0.1, -0.05) is 106 Å². The highest BCUT2D eigenvalue weighted by molar-refractivity contribution is 7.92. The van der Waals surface area contributed by atoms with Crippen LogP contribution in [0.15, 0.2) is 112 Å². The van der Waals surface area contributed by atoms with Crippen LogP contribution < -0.4 is 10.0 Å². The van der Waals surface area contributed by atoms with E-state index in [0.717, 1.165) is 11.1 Å². The number of esters is 1. The fourth-order valence-electron chi connectivity index (χ4n) is 4.98. The van der Waals surface area contributed by atoms with Gasteiger partial charge in [0.25, 0.3) is 15.9 Å². The van der Waals surface area contributed by atoms with Gasteiger partial charge in [-0.25, -0.2) is 13.2 Å². The quantitative estimate of drug-likeness (QED) is 0.156. The number of nitriles is 1. The number of amides is 1. The number of para-hydroxylation sites is 1. The minimum atomic E-state index is -4.09. The molecule has 10 heteroatoms. The second-order valence-corrected chi connectivity index (χ2v) is 13.5. The second-order valence-electron chi connectivity index (χ2n) is 11.9. The van der Waals surface area contributed by atoms with Crippen LogP contribution in [0.5, 0.6) is 0 Å². The van der Waals surface area contributed by atoms with Gasteiger partial charge in [0.15, 0.2) is 6.61 Å². The fourth-order valence-corrected chi connectivity index (χ4v) is 6.33. The van der Waals surface area contributed by atoms with Crippen LogP contribution in [0.2, 0.25) is 0 Å². The summed E-state index contributed by atoms with van der Waals surface area (Å²) in [7, 11) is -4.09. The lowest BCUT2D eigenvalue weighted by atomic mass is 9.87. The van der Waals surface area contributed by atoms with Gasteiger partial charge in [0.05, 0.1) is 16.1 Å². The molecule has 2 N–H and O–H groups in total. The van der Waals surface area contributed by atoms with E-state index in [-0.39, 0.29) is 33.0 Å². The maximum atomic E-state index is 13.5. The standard InChI is InChI=1S/C37H33N3O6S/c1-24-19-20-27(37(2,3)4)21-31(24)47(43,44)40-30-18-12-11-17-28(30)36(42)45-23-32(41)39-35-29(22-38)33(25-13-7-5-8-14-25)34(46-35)26-15-9-6-10-16-26/h5-21,40H,23H2,1-4H3,(H,39,41). The predicted octanol–water partition coefficient (Wildman–Crippen LogP) is 7.69. The van der Waals surface area contributed by atoms with Crippen molar-refractivity contribution in [3.63, 3.8) is 0 Å². The van der Waals surface area contributed by atoms with E-state index in [0.29, 0.717) is 22.5 Å². The number of anilines is 2. The molecule has 4 aromatic carbocycles. The first kappa shape index (κ1) is 32.7. The van der Waals surface area contributed by atoms with Crippen molar-refractivity contribution in [1.29, 1.82) is 5.26 Å². The van der Waals surface area contributed by atoms with Gasteiger partial charge in [-0.15, -0.1) is 0 Å². The van der Waals surface area contributed by atoms with Crippen molar-refractivity contribution < 1.29 is 27.2 Å². The maximum absolute atomic E-state index is 13.5. The molecule has 47 heavy (non-hydrogen) atoms. The summed E-state index contributed by atoms with van der Waals surface area (Å²) < 4.78 is 40.8. The second kappa shape index (κ2) is 13.4. The highest BCUT2D eigenvalue weighted by Crippen LogP contribution is 2.41. The molecule has 0 saturated heterocycles. The Morgan fingerprint density at radius 3 is 2.13 bits per heavy atom. The average Bonchev–Trinajstić information content (AvgIpc) is 3.42. The number of carbonyl (C=O) groups is 2. The zero-order valence-electron chi connectivity index (χ0n) is 26.3. The Morgan fingerprint density at radius 2 is 1.49 bits per heavy atom. The highest BCUT2D eigenvalue weighted by atomic mass is 32.2. The van der Waals surface area contributed by atoms with Crippen molar-refractivity contribution in [3.05, 3.63) is 125 Å². The summed E-state index contributed by atoms with van der Waals surface area (Å²) in [4.78, 5) is 26.2. The van der Waals surface area contributed by atoms with Crippen LogP contribution in [0, 0.1) is 18.3 Å². The van der Waals surface area contributed by atoms with E-state index < -0.39 is 28.5 Å². The lowest BCUT2D eigenvalue weighted by molar-refractivity contribution is -0.119. The predicted molar refractivity (Wildman–Crippen MR) is 180 cm³/mol. The minimum Gasteiger partial charge on any atom is -0.452 e. The highest BCUT2D eigenvalue weighted by Gasteiger charge is 2.26. The molecule has 0 aliphatic heterocycles. The van der Waals surface area contributed by atoms with Gasteiger partial charge in [0.1, 0.15) is 17.4 Å². The van der Waals surface area contributed by atoms with Crippen molar-refractivity contribution in [2.75, 3.05) is 16.6 Å². The van der Waals surface area contributed by atoms with E-state index in [9.17, 15) is 23.3 Å². The van der Waals surface area contributed by atoms with E-state index in [1.54, 1.807) is 31.2 Å². The first-order valence-corrected chi connectivity index (χ1v) is 16.2. The summed E-state index contributed by atoms with van der Waals surface area (Å²) >= 11 is 0. The Morgan fingerprint density at radius 1 is 0.872 bits per heavy atom. The monoisotopic (exact) mass is 647 g/mol. The average molecular weight is 648 g/mol. The van der Waals surface area contributed by atoms with Gasteiger partial charge < -0.3 is 9.15 Å². The molecule has 1 amide bonds. The molecular formula is C37H33N3O6S. The third-order valence-corrected chi connectivity index (χ3v) is 8.95. The SMILES string of the molecule is Cc1ccc(C(C)(C)C)cc1S(=O)(=O)Nc1ccccc1C(=O)OCC(=O)Nc1oc(-c2ccccc2)c(-c2ccccc2)c1C#N. The molecule has 5 rings (SSSR count). The number of hydrogen-bond acceptors (Lipinski definition) is 7. The topological polar surface area (TPSA) is 138 Å². The zero-order valence-corrected chi connectivity index (χ0v) is 27.1. The number of aryl methyl sites for hydroxylation is 1. The number of furan rings is 1. The van der Waals surface area contributed by atoms with Gasteiger partial charge in [0, 0.05) is 11.1 Å². The molecule has 9 nitrogen and oxygen atoms in total. The molecule has 0 unspecified atom stereocenters. The molecular weight excluding hydrogens is 614 g/mol. The number of nitrogens with zero attached hydrogens (tertiary/aromatic N) is 1. The van der Waals surface area contributed by atoms with Crippen molar-refractivity contribution >= 4 is 33.5 Å². The van der Waals surface area contributed by atoms with Crippen molar-refractivity contribution in [1.82, 2.24) is 0 Å². The summed E-state index contributed by atoms with van der Waals surface area (Å²) in [6.45, 7) is 6.93. The van der Waals surface area contributed by atoms with Crippen LogP contribution in [-0.4, -0.2) is 26.9 Å². The third kappa shape index (κ3) is 7.27.